The van der Waals surface area contributed by atoms with E-state index in [-0.39, 0.29) is 5.91 Å². The van der Waals surface area contributed by atoms with Gasteiger partial charge >= 0.3 is 0 Å². The number of nitrogens with zero attached hydrogens (tertiary/aromatic N) is 2. The molecule has 1 aliphatic heterocycles. The molecular weight excluding hydrogens is 202 g/mol. The molecule has 1 heterocycles. The summed E-state index contributed by atoms with van der Waals surface area (Å²) in [5.41, 5.74) is 5.40. The molecule has 94 valence electrons. The van der Waals surface area contributed by atoms with Gasteiger partial charge in [-0.1, -0.05) is 6.92 Å². The maximum Gasteiger partial charge on any atom is 0.223 e. The average Bonchev–Trinajstić information content (AvgIpc) is 2.30. The van der Waals surface area contributed by atoms with E-state index in [1.807, 2.05) is 11.9 Å². The summed E-state index contributed by atoms with van der Waals surface area (Å²) >= 11 is 0. The lowest BCUT2D eigenvalue weighted by Gasteiger charge is -2.36. The van der Waals surface area contributed by atoms with E-state index in [2.05, 4.69) is 11.8 Å². The quantitative estimate of drug-likeness (QED) is 0.751. The fourth-order valence-electron chi connectivity index (χ4n) is 2.35. The number of likely N-dealkylation sites (tertiary alicyclic amines) is 1. The van der Waals surface area contributed by atoms with Crippen molar-refractivity contribution in [2.24, 2.45) is 5.73 Å². The first-order valence-electron chi connectivity index (χ1n) is 6.37. The summed E-state index contributed by atoms with van der Waals surface area (Å²) < 4.78 is 0. The molecule has 0 unspecified atom stereocenters. The molecule has 0 bridgehead atoms. The summed E-state index contributed by atoms with van der Waals surface area (Å²) in [5, 5.41) is 0. The van der Waals surface area contributed by atoms with Crippen molar-refractivity contribution in [3.05, 3.63) is 0 Å². The predicted octanol–water partition coefficient (Wildman–Crippen LogP) is 0.668. The molecule has 0 aliphatic carbocycles. The highest BCUT2D eigenvalue weighted by molar-refractivity contribution is 5.76. The molecule has 1 aliphatic rings. The van der Waals surface area contributed by atoms with E-state index in [4.69, 9.17) is 5.73 Å². The second kappa shape index (κ2) is 6.86. The highest BCUT2D eigenvalue weighted by Crippen LogP contribution is 2.16. The maximum absolute atomic E-state index is 11.7. The molecule has 0 spiro atoms. The van der Waals surface area contributed by atoms with Gasteiger partial charge in [0.1, 0.15) is 0 Å². The Balaban J connectivity index is 2.32. The molecule has 0 atom stereocenters. The van der Waals surface area contributed by atoms with E-state index < -0.39 is 0 Å². The fourth-order valence-corrected chi connectivity index (χ4v) is 2.35. The molecule has 1 saturated heterocycles. The highest BCUT2D eigenvalue weighted by Gasteiger charge is 2.24. The molecular formula is C12H25N3O. The van der Waals surface area contributed by atoms with Gasteiger partial charge in [0.2, 0.25) is 5.91 Å². The molecule has 16 heavy (non-hydrogen) atoms. The van der Waals surface area contributed by atoms with E-state index >= 15 is 0 Å². The summed E-state index contributed by atoms with van der Waals surface area (Å²) in [6.07, 6.45) is 3.90. The van der Waals surface area contributed by atoms with Crippen molar-refractivity contribution >= 4 is 5.91 Å². The number of hydrogen-bond acceptors (Lipinski definition) is 3. The minimum Gasteiger partial charge on any atom is -0.343 e. The lowest BCUT2D eigenvalue weighted by atomic mass is 10.0. The standard InChI is InChI=1S/C12H25N3O/c1-3-8-15-9-5-11(6-10-15)14(2)12(16)4-7-13/h11H,3-10,13H2,1-2H3. The van der Waals surface area contributed by atoms with Gasteiger partial charge in [-0.05, 0) is 25.8 Å². The number of rotatable bonds is 5. The third-order valence-corrected chi connectivity index (χ3v) is 3.40. The normalized spacial score (nSPS) is 18.7. The second-order valence-corrected chi connectivity index (χ2v) is 4.62. The summed E-state index contributed by atoms with van der Waals surface area (Å²) in [4.78, 5) is 16.1. The van der Waals surface area contributed by atoms with Crippen LogP contribution in [0.1, 0.15) is 32.6 Å². The first-order chi connectivity index (χ1) is 7.69. The van der Waals surface area contributed by atoms with Gasteiger partial charge in [0.15, 0.2) is 0 Å². The zero-order valence-electron chi connectivity index (χ0n) is 10.6. The second-order valence-electron chi connectivity index (χ2n) is 4.62. The van der Waals surface area contributed by atoms with Crippen LogP contribution < -0.4 is 5.73 Å². The molecule has 1 amide bonds. The number of carbonyl (C=O) groups excluding carboxylic acids is 1. The summed E-state index contributed by atoms with van der Waals surface area (Å²) in [7, 11) is 1.91. The Kier molecular flexibility index (Phi) is 5.77. The molecule has 4 heteroatoms. The number of piperidine rings is 1. The van der Waals surface area contributed by atoms with Crippen LogP contribution in [0.15, 0.2) is 0 Å². The molecule has 1 fully saturated rings. The third-order valence-electron chi connectivity index (χ3n) is 3.40. The number of nitrogens with two attached hydrogens (primary N) is 1. The summed E-state index contributed by atoms with van der Waals surface area (Å²) in [6.45, 7) is 6.10. The monoisotopic (exact) mass is 227 g/mol. The zero-order valence-corrected chi connectivity index (χ0v) is 10.6. The van der Waals surface area contributed by atoms with Crippen molar-refractivity contribution in [3.63, 3.8) is 0 Å². The Morgan fingerprint density at radius 3 is 2.56 bits per heavy atom. The largest absolute Gasteiger partial charge is 0.343 e. The van der Waals surface area contributed by atoms with Crippen LogP contribution in [0.3, 0.4) is 0 Å². The van der Waals surface area contributed by atoms with Gasteiger partial charge in [-0.15, -0.1) is 0 Å². The maximum atomic E-state index is 11.7. The van der Waals surface area contributed by atoms with Gasteiger partial charge in [-0.25, -0.2) is 0 Å². The fraction of sp³-hybridized carbons (Fsp3) is 0.917. The molecule has 1 rings (SSSR count). The molecule has 4 nitrogen and oxygen atoms in total. The average molecular weight is 227 g/mol. The van der Waals surface area contributed by atoms with E-state index in [0.29, 0.717) is 19.0 Å². The zero-order chi connectivity index (χ0) is 12.0. The van der Waals surface area contributed by atoms with Crippen LogP contribution >= 0.6 is 0 Å². The lowest BCUT2D eigenvalue weighted by Crippen LogP contribution is -2.46. The van der Waals surface area contributed by atoms with Crippen LogP contribution in [0.4, 0.5) is 0 Å². The summed E-state index contributed by atoms with van der Waals surface area (Å²) in [5.74, 6) is 0.191. The Morgan fingerprint density at radius 2 is 2.06 bits per heavy atom. The van der Waals surface area contributed by atoms with Crippen molar-refractivity contribution in [1.29, 1.82) is 0 Å². The van der Waals surface area contributed by atoms with Gasteiger partial charge in [0.05, 0.1) is 0 Å². The highest BCUT2D eigenvalue weighted by atomic mass is 16.2. The van der Waals surface area contributed by atoms with Crippen molar-refractivity contribution in [2.45, 2.75) is 38.6 Å². The predicted molar refractivity (Wildman–Crippen MR) is 66.2 cm³/mol. The SMILES string of the molecule is CCCN1CCC(N(C)C(=O)CCN)CC1. The Bertz CT molecular complexity index is 212. The van der Waals surface area contributed by atoms with Gasteiger partial charge in [-0.2, -0.15) is 0 Å². The van der Waals surface area contributed by atoms with Gasteiger partial charge in [-0.3, -0.25) is 4.79 Å². The van der Waals surface area contributed by atoms with Crippen LogP contribution in [-0.2, 0) is 4.79 Å². The van der Waals surface area contributed by atoms with Crippen LogP contribution in [0.2, 0.25) is 0 Å². The van der Waals surface area contributed by atoms with Crippen molar-refractivity contribution in [3.8, 4) is 0 Å². The van der Waals surface area contributed by atoms with Crippen LogP contribution in [0.5, 0.6) is 0 Å². The van der Waals surface area contributed by atoms with Crippen LogP contribution in [0.25, 0.3) is 0 Å². The van der Waals surface area contributed by atoms with Gasteiger partial charge in [0.25, 0.3) is 0 Å². The van der Waals surface area contributed by atoms with Gasteiger partial charge in [0, 0.05) is 39.1 Å². The smallest absolute Gasteiger partial charge is 0.223 e. The topological polar surface area (TPSA) is 49.6 Å². The van der Waals surface area contributed by atoms with E-state index in [1.54, 1.807) is 0 Å². The van der Waals surface area contributed by atoms with Gasteiger partial charge < -0.3 is 15.5 Å². The van der Waals surface area contributed by atoms with E-state index in [9.17, 15) is 4.79 Å². The van der Waals surface area contributed by atoms with Crippen molar-refractivity contribution < 1.29 is 4.79 Å². The first kappa shape index (κ1) is 13.5. The van der Waals surface area contributed by atoms with Crippen LogP contribution in [-0.4, -0.2) is 55.0 Å². The van der Waals surface area contributed by atoms with Crippen LogP contribution in [0, 0.1) is 0 Å². The Labute approximate surface area is 98.8 Å². The number of hydrogen-bond donors (Lipinski definition) is 1. The van der Waals surface area contributed by atoms with E-state index in [1.165, 1.54) is 13.0 Å². The first-order valence-corrected chi connectivity index (χ1v) is 6.37. The molecule has 2 N–H and O–H groups in total. The van der Waals surface area contributed by atoms with Crippen molar-refractivity contribution in [1.82, 2.24) is 9.80 Å². The van der Waals surface area contributed by atoms with E-state index in [0.717, 1.165) is 25.9 Å². The molecule has 0 aromatic heterocycles. The van der Waals surface area contributed by atoms with Crippen molar-refractivity contribution in [2.75, 3.05) is 33.2 Å². The Morgan fingerprint density at radius 1 is 1.44 bits per heavy atom. The minimum absolute atomic E-state index is 0.191. The molecule has 0 aromatic carbocycles. The summed E-state index contributed by atoms with van der Waals surface area (Å²) in [6, 6.07) is 0.423. The lowest BCUT2D eigenvalue weighted by molar-refractivity contribution is -0.132. The minimum atomic E-state index is 0.191. The molecule has 0 radical (unpaired) electrons. The number of amides is 1. The molecule has 0 saturated carbocycles. The molecule has 0 aromatic rings. The number of carbonyl (C=O) groups is 1. The Hall–Kier alpha value is -0.610. The third kappa shape index (κ3) is 3.76.